The van der Waals surface area contributed by atoms with Crippen LogP contribution in [0.1, 0.15) is 32.3 Å². The number of thiocarbonyl (C=S) groups is 1. The monoisotopic (exact) mass is 360 g/mol. The van der Waals surface area contributed by atoms with Gasteiger partial charge in [0.1, 0.15) is 4.32 Å². The molecule has 126 valence electrons. The fraction of sp³-hybridized carbons (Fsp3) is 0.278. The maximum Gasteiger partial charge on any atom is 0.266 e. The number of carbonyl (C=O) groups is 2. The molecule has 24 heavy (non-hydrogen) atoms. The number of carbonyl (C=O) groups excluding carboxylic acids is 2. The number of carboxylic acid groups (broad SMARTS) is 1. The minimum Gasteiger partial charge on any atom is -0.548 e. The quantitative estimate of drug-likeness (QED) is 0.577. The van der Waals surface area contributed by atoms with Crippen molar-refractivity contribution in [3.8, 4) is 0 Å². The molecule has 0 aliphatic carbocycles. The molecular formula is C18H18NO3S2-. The Balaban J connectivity index is 2.24. The van der Waals surface area contributed by atoms with Gasteiger partial charge in [-0.05, 0) is 30.6 Å². The first-order valence-electron chi connectivity index (χ1n) is 7.65. The van der Waals surface area contributed by atoms with Gasteiger partial charge in [0.25, 0.3) is 5.91 Å². The van der Waals surface area contributed by atoms with Crippen molar-refractivity contribution in [3.63, 3.8) is 0 Å². The number of rotatable bonds is 6. The fourth-order valence-corrected chi connectivity index (χ4v) is 3.84. The Morgan fingerprint density at radius 3 is 2.62 bits per heavy atom. The van der Waals surface area contributed by atoms with E-state index in [9.17, 15) is 14.7 Å². The highest BCUT2D eigenvalue weighted by molar-refractivity contribution is 8.26. The topological polar surface area (TPSA) is 60.4 Å². The molecule has 1 heterocycles. The Morgan fingerprint density at radius 1 is 1.38 bits per heavy atom. The maximum absolute atomic E-state index is 12.6. The van der Waals surface area contributed by atoms with Gasteiger partial charge in [-0.25, -0.2) is 0 Å². The van der Waals surface area contributed by atoms with Crippen LogP contribution in [0.2, 0.25) is 0 Å². The predicted molar refractivity (Wildman–Crippen MR) is 98.9 cm³/mol. The number of benzene rings is 1. The zero-order valence-corrected chi connectivity index (χ0v) is 15.2. The van der Waals surface area contributed by atoms with Gasteiger partial charge < -0.3 is 9.90 Å². The van der Waals surface area contributed by atoms with Crippen molar-refractivity contribution < 1.29 is 14.7 Å². The Bertz CT molecular complexity index is 710. The number of hydrogen-bond acceptors (Lipinski definition) is 5. The summed E-state index contributed by atoms with van der Waals surface area (Å²) in [5.74, 6) is -1.64. The third-order valence-corrected chi connectivity index (χ3v) is 4.85. The zero-order chi connectivity index (χ0) is 17.7. The van der Waals surface area contributed by atoms with E-state index in [1.165, 1.54) is 4.90 Å². The molecule has 1 amide bonds. The van der Waals surface area contributed by atoms with Gasteiger partial charge in [0, 0.05) is 0 Å². The summed E-state index contributed by atoms with van der Waals surface area (Å²) in [5, 5.41) is 11.3. The molecule has 4 nitrogen and oxygen atoms in total. The second-order valence-electron chi connectivity index (χ2n) is 5.47. The van der Waals surface area contributed by atoms with Gasteiger partial charge >= 0.3 is 0 Å². The summed E-state index contributed by atoms with van der Waals surface area (Å²) < 4.78 is 0.265. The molecular weight excluding hydrogens is 342 g/mol. The average Bonchev–Trinajstić information content (AvgIpc) is 2.80. The van der Waals surface area contributed by atoms with Gasteiger partial charge in [0.15, 0.2) is 0 Å². The van der Waals surface area contributed by atoms with Gasteiger partial charge in [-0.3, -0.25) is 9.69 Å². The van der Waals surface area contributed by atoms with Crippen LogP contribution < -0.4 is 5.11 Å². The van der Waals surface area contributed by atoms with Gasteiger partial charge in [-0.1, -0.05) is 73.7 Å². The van der Waals surface area contributed by atoms with E-state index in [0.29, 0.717) is 17.7 Å². The minimum atomic E-state index is -1.27. The molecule has 1 aromatic carbocycles. The van der Waals surface area contributed by atoms with Gasteiger partial charge in [0.2, 0.25) is 0 Å². The number of amides is 1. The molecule has 0 bridgehead atoms. The molecule has 1 aromatic rings. The molecule has 1 aliphatic rings. The number of allylic oxidation sites excluding steroid dienone is 2. The molecule has 0 aromatic heterocycles. The predicted octanol–water partition coefficient (Wildman–Crippen LogP) is 2.75. The molecule has 6 heteroatoms. The highest BCUT2D eigenvalue weighted by atomic mass is 32.2. The van der Waals surface area contributed by atoms with Crippen LogP contribution in [0.4, 0.5) is 0 Å². The van der Waals surface area contributed by atoms with E-state index in [-0.39, 0.29) is 10.2 Å². The fourth-order valence-electron chi connectivity index (χ4n) is 2.43. The van der Waals surface area contributed by atoms with E-state index < -0.39 is 12.0 Å². The summed E-state index contributed by atoms with van der Waals surface area (Å²) >= 11 is 6.33. The first kappa shape index (κ1) is 18.4. The van der Waals surface area contributed by atoms with Crippen molar-refractivity contribution in [1.29, 1.82) is 0 Å². The smallest absolute Gasteiger partial charge is 0.266 e. The third-order valence-electron chi connectivity index (χ3n) is 3.52. The van der Waals surface area contributed by atoms with E-state index >= 15 is 0 Å². The lowest BCUT2D eigenvalue weighted by Gasteiger charge is -2.27. The summed E-state index contributed by atoms with van der Waals surface area (Å²) in [4.78, 5) is 25.5. The van der Waals surface area contributed by atoms with E-state index in [0.717, 1.165) is 22.9 Å². The van der Waals surface area contributed by atoms with E-state index in [1.807, 2.05) is 50.3 Å². The minimum absolute atomic E-state index is 0.265. The maximum atomic E-state index is 12.6. The summed E-state index contributed by atoms with van der Waals surface area (Å²) in [5.41, 5.74) is 1.92. The highest BCUT2D eigenvalue weighted by Crippen LogP contribution is 2.34. The molecule has 1 atom stereocenters. The van der Waals surface area contributed by atoms with Crippen LogP contribution in [0.5, 0.6) is 0 Å². The van der Waals surface area contributed by atoms with Crippen LogP contribution in [-0.2, 0) is 9.59 Å². The molecule has 0 radical (unpaired) electrons. The second kappa shape index (κ2) is 8.26. The molecule has 1 fully saturated rings. The third kappa shape index (κ3) is 4.33. The molecule has 0 unspecified atom stereocenters. The van der Waals surface area contributed by atoms with Crippen molar-refractivity contribution >= 4 is 46.3 Å². The SMILES string of the molecule is CCC[C@@H](C(=O)[O-])N1C(=O)/C(=C/C(C)=C/c2ccccc2)SC1=S. The summed E-state index contributed by atoms with van der Waals surface area (Å²) in [6.07, 6.45) is 4.64. The Labute approximate surface area is 151 Å². The number of aliphatic carboxylic acids is 1. The lowest BCUT2D eigenvalue weighted by molar-refractivity contribution is -0.310. The van der Waals surface area contributed by atoms with Crippen LogP contribution in [0.15, 0.2) is 46.9 Å². The van der Waals surface area contributed by atoms with Crippen LogP contribution in [0, 0.1) is 0 Å². The Kier molecular flexibility index (Phi) is 6.34. The first-order valence-corrected chi connectivity index (χ1v) is 8.87. The molecule has 0 N–H and O–H groups in total. The lowest BCUT2D eigenvalue weighted by Crippen LogP contribution is -2.49. The number of hydrogen-bond donors (Lipinski definition) is 0. The van der Waals surface area contributed by atoms with Crippen molar-refractivity contribution in [2.24, 2.45) is 0 Å². The van der Waals surface area contributed by atoms with E-state index in [2.05, 4.69) is 0 Å². The molecule has 0 spiro atoms. The first-order chi connectivity index (χ1) is 11.4. The summed E-state index contributed by atoms with van der Waals surface area (Å²) in [6, 6.07) is 8.74. The van der Waals surface area contributed by atoms with Crippen LogP contribution in [0.25, 0.3) is 6.08 Å². The summed E-state index contributed by atoms with van der Waals surface area (Å²) in [7, 11) is 0. The number of carboxylic acids is 1. The van der Waals surface area contributed by atoms with E-state index in [4.69, 9.17) is 12.2 Å². The largest absolute Gasteiger partial charge is 0.548 e. The van der Waals surface area contributed by atoms with E-state index in [1.54, 1.807) is 6.08 Å². The zero-order valence-electron chi connectivity index (χ0n) is 13.5. The number of nitrogens with zero attached hydrogens (tertiary/aromatic N) is 1. The van der Waals surface area contributed by atoms with Gasteiger partial charge in [0.05, 0.1) is 16.9 Å². The van der Waals surface area contributed by atoms with Crippen LogP contribution in [0.3, 0.4) is 0 Å². The van der Waals surface area contributed by atoms with Crippen LogP contribution >= 0.6 is 24.0 Å². The molecule has 2 rings (SSSR count). The summed E-state index contributed by atoms with van der Waals surface area (Å²) in [6.45, 7) is 3.75. The van der Waals surface area contributed by atoms with Crippen molar-refractivity contribution in [2.75, 3.05) is 0 Å². The average molecular weight is 360 g/mol. The second-order valence-corrected chi connectivity index (χ2v) is 7.15. The number of thioether (sulfide) groups is 1. The normalized spacial score (nSPS) is 18.3. The van der Waals surface area contributed by atoms with Gasteiger partial charge in [-0.15, -0.1) is 0 Å². The molecule has 1 aliphatic heterocycles. The highest BCUT2D eigenvalue weighted by Gasteiger charge is 2.37. The van der Waals surface area contributed by atoms with Crippen LogP contribution in [-0.4, -0.2) is 27.1 Å². The molecule has 0 saturated carbocycles. The van der Waals surface area contributed by atoms with Crippen molar-refractivity contribution in [1.82, 2.24) is 4.90 Å². The van der Waals surface area contributed by atoms with Gasteiger partial charge in [-0.2, -0.15) is 0 Å². The van der Waals surface area contributed by atoms with Crippen molar-refractivity contribution in [3.05, 3.63) is 52.4 Å². The Morgan fingerprint density at radius 2 is 2.04 bits per heavy atom. The lowest BCUT2D eigenvalue weighted by atomic mass is 10.1. The molecule has 1 saturated heterocycles. The van der Waals surface area contributed by atoms with Crippen molar-refractivity contribution in [2.45, 2.75) is 32.7 Å². The Hall–Kier alpha value is -1.92. The standard InChI is InChI=1S/C18H19NO3S2/c1-3-7-14(17(21)22)19-16(20)15(24-18(19)23)11-12(2)10-13-8-5-4-6-9-13/h4-6,8-11,14H,3,7H2,1-2H3,(H,21,22)/p-1/b12-10+,15-11-/t14-/m0/s1.